The second-order valence-corrected chi connectivity index (χ2v) is 11.7. The summed E-state index contributed by atoms with van der Waals surface area (Å²) in [5, 5.41) is 10.1. The van der Waals surface area contributed by atoms with Gasteiger partial charge in [-0.2, -0.15) is 4.83 Å². The largest absolute Gasteiger partial charge is 0.343 e. The zero-order valence-corrected chi connectivity index (χ0v) is 24.2. The number of aromatic nitrogens is 1. The van der Waals surface area contributed by atoms with E-state index in [0.29, 0.717) is 24.5 Å². The molecule has 11 heteroatoms. The summed E-state index contributed by atoms with van der Waals surface area (Å²) in [5.74, 6) is -0.515. The smallest absolute Gasteiger partial charge is 0.247 e. The fourth-order valence-corrected chi connectivity index (χ4v) is 6.48. The molecule has 0 radical (unpaired) electrons. The van der Waals surface area contributed by atoms with Gasteiger partial charge in [0, 0.05) is 31.0 Å². The Morgan fingerprint density at radius 2 is 1.78 bits per heavy atom. The molecule has 3 atom stereocenters. The van der Waals surface area contributed by atoms with E-state index in [4.69, 9.17) is 0 Å². The maximum Gasteiger partial charge on any atom is 0.247 e. The number of hydrogen-bond acceptors (Lipinski definition) is 8. The van der Waals surface area contributed by atoms with Gasteiger partial charge in [-0.15, -0.1) is 0 Å². The van der Waals surface area contributed by atoms with Crippen LogP contribution in [0, 0.1) is 5.92 Å². The van der Waals surface area contributed by atoms with Crippen LogP contribution in [0.4, 0.5) is 0 Å². The Labute approximate surface area is 245 Å². The van der Waals surface area contributed by atoms with E-state index in [9.17, 15) is 14.4 Å². The lowest BCUT2D eigenvalue weighted by molar-refractivity contribution is -0.143. The predicted molar refractivity (Wildman–Crippen MR) is 159 cm³/mol. The van der Waals surface area contributed by atoms with E-state index < -0.39 is 18.1 Å². The zero-order valence-electron chi connectivity index (χ0n) is 23.4. The molecule has 5 N–H and O–H groups in total. The second kappa shape index (κ2) is 14.0. The SMILES string of the molecule is CC(NCc1ccncc1)C(=O)N[C@H](C(=O)N1CCC[C@H]1C(=O)NC1=C(c2ccccc2)NNS1)C1CCCCC1. The summed E-state index contributed by atoms with van der Waals surface area (Å²) in [6, 6.07) is 11.9. The van der Waals surface area contributed by atoms with E-state index in [1.807, 2.05) is 49.4 Å². The molecule has 1 aromatic heterocycles. The molecule has 1 unspecified atom stereocenters. The van der Waals surface area contributed by atoms with E-state index >= 15 is 0 Å². The van der Waals surface area contributed by atoms with Crippen LogP contribution in [0.3, 0.4) is 0 Å². The van der Waals surface area contributed by atoms with Gasteiger partial charge in [0.05, 0.1) is 11.7 Å². The molecule has 1 aromatic carbocycles. The number of likely N-dealkylation sites (tertiary alicyclic amines) is 1. The lowest BCUT2D eigenvalue weighted by atomic mass is 9.83. The van der Waals surface area contributed by atoms with Gasteiger partial charge < -0.3 is 26.3 Å². The number of hydrogen-bond donors (Lipinski definition) is 5. The average Bonchev–Trinajstić information content (AvgIpc) is 3.70. The Morgan fingerprint density at radius 3 is 2.54 bits per heavy atom. The van der Waals surface area contributed by atoms with Crippen LogP contribution >= 0.6 is 11.9 Å². The van der Waals surface area contributed by atoms with Crippen LogP contribution in [0.2, 0.25) is 0 Å². The molecule has 2 fully saturated rings. The van der Waals surface area contributed by atoms with Gasteiger partial charge in [-0.25, -0.2) is 0 Å². The number of benzene rings is 1. The number of nitrogens with one attached hydrogen (secondary N) is 5. The van der Waals surface area contributed by atoms with Crippen LogP contribution in [-0.2, 0) is 20.9 Å². The van der Waals surface area contributed by atoms with Crippen LogP contribution in [0.15, 0.2) is 59.9 Å². The number of carbonyl (C=O) groups excluding carboxylic acids is 3. The Kier molecular flexibility index (Phi) is 9.92. The first kappa shape index (κ1) is 29.1. The molecule has 0 spiro atoms. The summed E-state index contributed by atoms with van der Waals surface area (Å²) in [7, 11) is 0. The van der Waals surface area contributed by atoms with Crippen molar-refractivity contribution < 1.29 is 14.4 Å². The van der Waals surface area contributed by atoms with Gasteiger partial charge >= 0.3 is 0 Å². The highest BCUT2D eigenvalue weighted by atomic mass is 32.2. The van der Waals surface area contributed by atoms with Crippen LogP contribution in [0.25, 0.3) is 5.70 Å². The Balaban J connectivity index is 1.27. The standard InChI is InChI=1S/C30H39N7O3S/c1-20(32-19-21-14-16-31-17-15-21)27(38)33-26(23-11-6-3-7-12-23)30(40)37-18-8-13-24(37)28(39)34-29-25(35-36-41-29)22-9-4-2-5-10-22/h2,4-5,9-10,14-17,20,23-24,26,32,35-36H,3,6-8,11-13,18-19H2,1H3,(H,33,38)(H,34,39)/t20?,24-,26-/m0/s1. The molecule has 0 bridgehead atoms. The van der Waals surface area contributed by atoms with Crippen molar-refractivity contribution in [3.05, 3.63) is 71.0 Å². The lowest BCUT2D eigenvalue weighted by Crippen LogP contribution is -2.58. The van der Waals surface area contributed by atoms with Gasteiger partial charge in [0.15, 0.2) is 0 Å². The highest BCUT2D eigenvalue weighted by Gasteiger charge is 2.41. The first-order chi connectivity index (χ1) is 20.0. The molecular weight excluding hydrogens is 538 g/mol. The maximum atomic E-state index is 14.1. The molecule has 3 amide bonds. The van der Waals surface area contributed by atoms with E-state index in [0.717, 1.165) is 55.3 Å². The van der Waals surface area contributed by atoms with Crippen molar-refractivity contribution in [1.82, 2.24) is 36.1 Å². The van der Waals surface area contributed by atoms with Crippen molar-refractivity contribution in [3.63, 3.8) is 0 Å². The first-order valence-corrected chi connectivity index (χ1v) is 15.3. The third-order valence-corrected chi connectivity index (χ3v) is 8.85. The fraction of sp³-hybridized carbons (Fsp3) is 0.467. The van der Waals surface area contributed by atoms with Crippen molar-refractivity contribution in [2.45, 2.75) is 76.5 Å². The zero-order chi connectivity index (χ0) is 28.6. The minimum atomic E-state index is -0.648. The summed E-state index contributed by atoms with van der Waals surface area (Å²) in [6.45, 7) is 2.83. The van der Waals surface area contributed by atoms with Crippen LogP contribution in [-0.4, -0.2) is 52.3 Å². The number of hydrazine groups is 1. The molecule has 3 aliphatic rings. The molecule has 3 heterocycles. The molecule has 41 heavy (non-hydrogen) atoms. The summed E-state index contributed by atoms with van der Waals surface area (Å²) < 4.78 is 0. The highest BCUT2D eigenvalue weighted by molar-refractivity contribution is 8.01. The molecule has 218 valence electrons. The Morgan fingerprint density at radius 1 is 1.02 bits per heavy atom. The van der Waals surface area contributed by atoms with Crippen molar-refractivity contribution in [3.8, 4) is 0 Å². The third kappa shape index (κ3) is 7.27. The van der Waals surface area contributed by atoms with Crippen molar-refractivity contribution in [1.29, 1.82) is 0 Å². The minimum absolute atomic E-state index is 0.0584. The van der Waals surface area contributed by atoms with Gasteiger partial charge in [0.25, 0.3) is 0 Å². The number of pyridine rings is 1. The van der Waals surface area contributed by atoms with Crippen LogP contribution in [0.1, 0.15) is 63.0 Å². The van der Waals surface area contributed by atoms with E-state index in [-0.39, 0.29) is 23.6 Å². The number of carbonyl (C=O) groups is 3. The molecule has 2 aromatic rings. The van der Waals surface area contributed by atoms with Gasteiger partial charge in [-0.05, 0) is 68.2 Å². The van der Waals surface area contributed by atoms with E-state index in [2.05, 4.69) is 31.2 Å². The molecular formula is C30H39N7O3S. The Bertz CT molecular complexity index is 1240. The van der Waals surface area contributed by atoms with Crippen LogP contribution in [0.5, 0.6) is 0 Å². The van der Waals surface area contributed by atoms with E-state index in [1.165, 1.54) is 11.9 Å². The second-order valence-electron chi connectivity index (χ2n) is 10.9. The van der Waals surface area contributed by atoms with Gasteiger partial charge in [0.1, 0.15) is 17.1 Å². The number of amides is 3. The summed E-state index contributed by atoms with van der Waals surface area (Å²) in [4.78, 5) is 49.6. The van der Waals surface area contributed by atoms with Gasteiger partial charge in [-0.3, -0.25) is 19.4 Å². The molecule has 1 aliphatic carbocycles. The predicted octanol–water partition coefficient (Wildman–Crippen LogP) is 2.81. The monoisotopic (exact) mass is 577 g/mol. The highest BCUT2D eigenvalue weighted by Crippen LogP contribution is 2.30. The fourth-order valence-electron chi connectivity index (χ4n) is 5.80. The summed E-state index contributed by atoms with van der Waals surface area (Å²) in [5.41, 5.74) is 5.88. The van der Waals surface area contributed by atoms with Crippen molar-refractivity contribution in [2.75, 3.05) is 6.54 Å². The normalized spacial score (nSPS) is 20.8. The van der Waals surface area contributed by atoms with Gasteiger partial charge in [-0.1, -0.05) is 49.6 Å². The lowest BCUT2D eigenvalue weighted by Gasteiger charge is -2.35. The van der Waals surface area contributed by atoms with Crippen molar-refractivity contribution in [2.24, 2.45) is 5.92 Å². The third-order valence-electron chi connectivity index (χ3n) is 8.13. The van der Waals surface area contributed by atoms with Crippen LogP contribution < -0.4 is 26.2 Å². The summed E-state index contributed by atoms with van der Waals surface area (Å²) in [6.07, 6.45) is 9.78. The molecule has 2 aliphatic heterocycles. The van der Waals surface area contributed by atoms with E-state index in [1.54, 1.807) is 17.3 Å². The summed E-state index contributed by atoms with van der Waals surface area (Å²) >= 11 is 1.30. The molecule has 1 saturated heterocycles. The topological polar surface area (TPSA) is 127 Å². The maximum absolute atomic E-state index is 14.1. The number of nitrogens with zero attached hydrogens (tertiary/aromatic N) is 2. The van der Waals surface area contributed by atoms with Crippen molar-refractivity contribution >= 4 is 35.4 Å². The molecule has 10 nitrogen and oxygen atoms in total. The van der Waals surface area contributed by atoms with Gasteiger partial charge in [0.2, 0.25) is 17.7 Å². The number of rotatable bonds is 10. The quantitative estimate of drug-likeness (QED) is 0.273. The Hall–Kier alpha value is -3.41. The molecule has 1 saturated carbocycles. The first-order valence-electron chi connectivity index (χ1n) is 14.5. The minimum Gasteiger partial charge on any atom is -0.343 e. The average molecular weight is 578 g/mol. The molecule has 5 rings (SSSR count).